The van der Waals surface area contributed by atoms with Gasteiger partial charge in [-0.15, -0.1) is 0 Å². The van der Waals surface area contributed by atoms with Crippen molar-refractivity contribution in [3.63, 3.8) is 0 Å². The molecule has 0 aromatic carbocycles. The highest BCUT2D eigenvalue weighted by Gasteiger charge is 2.07. The summed E-state index contributed by atoms with van der Waals surface area (Å²) < 4.78 is 0. The number of nitrogens with two attached hydrogens (primary N) is 1. The Morgan fingerprint density at radius 3 is 2.50 bits per heavy atom. The zero-order chi connectivity index (χ0) is 9.40. The van der Waals surface area contributed by atoms with Crippen molar-refractivity contribution in [2.75, 3.05) is 5.75 Å². The lowest BCUT2D eigenvalue weighted by Crippen LogP contribution is -2.37. The second kappa shape index (κ2) is 7.90. The van der Waals surface area contributed by atoms with Gasteiger partial charge in [0.15, 0.2) is 0 Å². The Morgan fingerprint density at radius 1 is 1.42 bits per heavy atom. The van der Waals surface area contributed by atoms with Crippen LogP contribution < -0.4 is 11.3 Å². The zero-order valence-corrected chi connectivity index (χ0v) is 9.29. The third-order valence-electron chi connectivity index (χ3n) is 2.03. The molecule has 2 atom stereocenters. The highest BCUT2D eigenvalue weighted by molar-refractivity contribution is 7.99. The summed E-state index contributed by atoms with van der Waals surface area (Å²) in [4.78, 5) is 0. The SMILES string of the molecule is CCCC(CSC(C)CC)NN. The van der Waals surface area contributed by atoms with E-state index in [0.29, 0.717) is 6.04 Å². The molecule has 74 valence electrons. The maximum atomic E-state index is 5.42. The number of rotatable bonds is 7. The molecule has 0 heterocycles. The molecule has 2 nitrogen and oxygen atoms in total. The lowest BCUT2D eigenvalue weighted by molar-refractivity contribution is 0.532. The number of hydrogen-bond acceptors (Lipinski definition) is 3. The first kappa shape index (κ1) is 12.3. The Balaban J connectivity index is 3.43. The minimum Gasteiger partial charge on any atom is -0.271 e. The van der Waals surface area contributed by atoms with Gasteiger partial charge in [-0.1, -0.05) is 27.2 Å². The van der Waals surface area contributed by atoms with E-state index in [-0.39, 0.29) is 0 Å². The van der Waals surface area contributed by atoms with Crippen molar-refractivity contribution in [2.24, 2.45) is 5.84 Å². The van der Waals surface area contributed by atoms with Crippen LogP contribution in [0.1, 0.15) is 40.0 Å². The standard InChI is InChI=1S/C9H22N2S/c1-4-6-9(11-10)7-12-8(3)5-2/h8-9,11H,4-7,10H2,1-3H3. The Morgan fingerprint density at radius 2 is 2.08 bits per heavy atom. The molecule has 3 N–H and O–H groups in total. The second-order valence-corrected chi connectivity index (χ2v) is 4.68. The minimum atomic E-state index is 0.494. The average molecular weight is 190 g/mol. The fourth-order valence-electron chi connectivity index (χ4n) is 0.962. The molecule has 0 aliphatic carbocycles. The Labute approximate surface area is 80.6 Å². The van der Waals surface area contributed by atoms with Crippen LogP contribution in [-0.4, -0.2) is 17.0 Å². The molecule has 0 aromatic rings. The van der Waals surface area contributed by atoms with Crippen LogP contribution in [0.25, 0.3) is 0 Å². The largest absolute Gasteiger partial charge is 0.271 e. The van der Waals surface area contributed by atoms with Crippen LogP contribution in [0.5, 0.6) is 0 Å². The Kier molecular flexibility index (Phi) is 8.07. The van der Waals surface area contributed by atoms with E-state index in [1.165, 1.54) is 19.3 Å². The fourth-order valence-corrected chi connectivity index (χ4v) is 2.02. The summed E-state index contributed by atoms with van der Waals surface area (Å²) in [6.07, 6.45) is 3.63. The maximum Gasteiger partial charge on any atom is 0.0301 e. The van der Waals surface area contributed by atoms with Crippen molar-refractivity contribution in [3.8, 4) is 0 Å². The van der Waals surface area contributed by atoms with Crippen molar-refractivity contribution in [3.05, 3.63) is 0 Å². The van der Waals surface area contributed by atoms with Crippen molar-refractivity contribution >= 4 is 11.8 Å². The van der Waals surface area contributed by atoms with E-state index in [4.69, 9.17) is 5.84 Å². The second-order valence-electron chi connectivity index (χ2n) is 3.20. The Bertz CT molecular complexity index is 98.5. The topological polar surface area (TPSA) is 38.0 Å². The number of hydrazine groups is 1. The first-order chi connectivity index (χ1) is 5.74. The minimum absolute atomic E-state index is 0.494. The normalized spacial score (nSPS) is 16.0. The smallest absolute Gasteiger partial charge is 0.0301 e. The molecular formula is C9H22N2S. The summed E-state index contributed by atoms with van der Waals surface area (Å²) in [5, 5.41) is 0.762. The molecule has 2 unspecified atom stereocenters. The van der Waals surface area contributed by atoms with Crippen LogP contribution in [0.15, 0.2) is 0 Å². The first-order valence-electron chi connectivity index (χ1n) is 4.82. The molecule has 0 radical (unpaired) electrons. The summed E-state index contributed by atoms with van der Waals surface area (Å²) in [6.45, 7) is 6.69. The van der Waals surface area contributed by atoms with E-state index in [1.807, 2.05) is 11.8 Å². The van der Waals surface area contributed by atoms with Crippen molar-refractivity contribution in [1.82, 2.24) is 5.43 Å². The monoisotopic (exact) mass is 190 g/mol. The quantitative estimate of drug-likeness (QED) is 0.477. The van der Waals surface area contributed by atoms with Gasteiger partial charge < -0.3 is 0 Å². The molecule has 0 spiro atoms. The van der Waals surface area contributed by atoms with Gasteiger partial charge in [0, 0.05) is 17.0 Å². The van der Waals surface area contributed by atoms with Gasteiger partial charge in [0.1, 0.15) is 0 Å². The van der Waals surface area contributed by atoms with E-state index < -0.39 is 0 Å². The van der Waals surface area contributed by atoms with Crippen LogP contribution in [0.3, 0.4) is 0 Å². The van der Waals surface area contributed by atoms with Crippen molar-refractivity contribution in [2.45, 2.75) is 51.3 Å². The maximum absolute atomic E-state index is 5.42. The average Bonchev–Trinajstić information content (AvgIpc) is 2.11. The van der Waals surface area contributed by atoms with Crippen LogP contribution in [0.4, 0.5) is 0 Å². The highest BCUT2D eigenvalue weighted by Crippen LogP contribution is 2.15. The molecule has 0 fully saturated rings. The molecule has 0 saturated heterocycles. The van der Waals surface area contributed by atoms with Crippen molar-refractivity contribution < 1.29 is 0 Å². The molecule has 0 aliphatic heterocycles. The van der Waals surface area contributed by atoms with Gasteiger partial charge in [-0.25, -0.2) is 0 Å². The molecular weight excluding hydrogens is 168 g/mol. The highest BCUT2D eigenvalue weighted by atomic mass is 32.2. The van der Waals surface area contributed by atoms with Gasteiger partial charge in [0.05, 0.1) is 0 Å². The molecule has 0 bridgehead atoms. The lowest BCUT2D eigenvalue weighted by Gasteiger charge is -2.16. The molecule has 0 saturated carbocycles. The predicted octanol–water partition coefficient (Wildman–Crippen LogP) is 2.15. The molecule has 0 rings (SSSR count). The van der Waals surface area contributed by atoms with Crippen molar-refractivity contribution in [1.29, 1.82) is 0 Å². The Hall–Kier alpha value is 0.270. The van der Waals surface area contributed by atoms with Gasteiger partial charge in [0.25, 0.3) is 0 Å². The molecule has 3 heteroatoms. The molecule has 0 aliphatic rings. The van der Waals surface area contributed by atoms with E-state index in [9.17, 15) is 0 Å². The van der Waals surface area contributed by atoms with Gasteiger partial charge in [-0.2, -0.15) is 11.8 Å². The predicted molar refractivity (Wildman–Crippen MR) is 58.2 cm³/mol. The third-order valence-corrected chi connectivity index (χ3v) is 3.53. The van der Waals surface area contributed by atoms with E-state index in [0.717, 1.165) is 11.0 Å². The third kappa shape index (κ3) is 5.86. The van der Waals surface area contributed by atoms with Crippen LogP contribution in [0.2, 0.25) is 0 Å². The summed E-state index contributed by atoms with van der Waals surface area (Å²) in [5.41, 5.74) is 2.86. The molecule has 12 heavy (non-hydrogen) atoms. The first-order valence-corrected chi connectivity index (χ1v) is 5.87. The van der Waals surface area contributed by atoms with Gasteiger partial charge in [-0.05, 0) is 12.8 Å². The van der Waals surface area contributed by atoms with E-state index >= 15 is 0 Å². The fraction of sp³-hybridized carbons (Fsp3) is 1.00. The summed E-state index contributed by atoms with van der Waals surface area (Å²) in [6, 6.07) is 0.494. The van der Waals surface area contributed by atoms with Gasteiger partial charge in [0.2, 0.25) is 0 Å². The van der Waals surface area contributed by atoms with Crippen LogP contribution in [0, 0.1) is 0 Å². The van der Waals surface area contributed by atoms with E-state index in [1.54, 1.807) is 0 Å². The van der Waals surface area contributed by atoms with Gasteiger partial charge in [-0.3, -0.25) is 11.3 Å². The van der Waals surface area contributed by atoms with Gasteiger partial charge >= 0.3 is 0 Å². The molecule has 0 amide bonds. The number of nitrogens with one attached hydrogen (secondary N) is 1. The van der Waals surface area contributed by atoms with Crippen LogP contribution >= 0.6 is 11.8 Å². The summed E-state index contributed by atoms with van der Waals surface area (Å²) >= 11 is 2.01. The number of hydrogen-bond donors (Lipinski definition) is 2. The summed E-state index contributed by atoms with van der Waals surface area (Å²) in [5.74, 6) is 6.56. The lowest BCUT2D eigenvalue weighted by atomic mass is 10.2. The summed E-state index contributed by atoms with van der Waals surface area (Å²) in [7, 11) is 0. The number of thioether (sulfide) groups is 1. The zero-order valence-electron chi connectivity index (χ0n) is 8.47. The van der Waals surface area contributed by atoms with E-state index in [2.05, 4.69) is 26.2 Å². The molecule has 0 aromatic heterocycles. The van der Waals surface area contributed by atoms with Crippen LogP contribution in [-0.2, 0) is 0 Å².